The van der Waals surface area contributed by atoms with Crippen molar-refractivity contribution in [1.29, 1.82) is 0 Å². The van der Waals surface area contributed by atoms with Gasteiger partial charge in [0, 0.05) is 19.3 Å². The zero-order chi connectivity index (χ0) is 42.4. The molecular weight excluding hydrogens is 721 g/mol. The lowest BCUT2D eigenvalue weighted by Gasteiger charge is -2.18. The topological polar surface area (TPSA) is 78.9 Å². The molecule has 0 spiro atoms. The average molecular weight is 821 g/mol. The van der Waals surface area contributed by atoms with Crippen molar-refractivity contribution < 1.29 is 28.6 Å². The molecule has 0 N–H and O–H groups in total. The highest BCUT2D eigenvalue weighted by atomic mass is 16.6. The van der Waals surface area contributed by atoms with E-state index in [2.05, 4.69) is 27.7 Å². The largest absolute Gasteiger partial charge is 0.462 e. The van der Waals surface area contributed by atoms with Gasteiger partial charge in [0.2, 0.25) is 0 Å². The third-order valence-corrected chi connectivity index (χ3v) is 12.2. The first-order valence-corrected chi connectivity index (χ1v) is 25.9. The molecule has 0 aliphatic carbocycles. The fourth-order valence-corrected chi connectivity index (χ4v) is 7.83. The van der Waals surface area contributed by atoms with E-state index in [0.717, 1.165) is 63.7 Å². The molecule has 2 atom stereocenters. The van der Waals surface area contributed by atoms with Gasteiger partial charge >= 0.3 is 17.9 Å². The van der Waals surface area contributed by atoms with Crippen LogP contribution in [0, 0.1) is 5.92 Å². The highest BCUT2D eigenvalue weighted by Gasteiger charge is 2.19. The van der Waals surface area contributed by atoms with Crippen LogP contribution in [0.15, 0.2) is 0 Å². The molecule has 0 rings (SSSR count). The Hall–Kier alpha value is -1.59. The molecule has 0 aromatic carbocycles. The van der Waals surface area contributed by atoms with Crippen LogP contribution < -0.4 is 0 Å². The van der Waals surface area contributed by atoms with Crippen LogP contribution in [0.5, 0.6) is 0 Å². The minimum atomic E-state index is -0.758. The fourth-order valence-electron chi connectivity index (χ4n) is 7.83. The van der Waals surface area contributed by atoms with Gasteiger partial charge < -0.3 is 14.2 Å². The molecule has 0 heterocycles. The van der Waals surface area contributed by atoms with Crippen LogP contribution in [0.4, 0.5) is 0 Å². The first kappa shape index (κ1) is 56.4. The highest BCUT2D eigenvalue weighted by molar-refractivity contribution is 5.71. The normalized spacial score (nSPS) is 12.4. The molecule has 0 fully saturated rings. The number of esters is 3. The molecule has 0 saturated heterocycles. The second-order valence-corrected chi connectivity index (χ2v) is 18.1. The summed E-state index contributed by atoms with van der Waals surface area (Å²) >= 11 is 0. The Bertz CT molecular complexity index is 874. The van der Waals surface area contributed by atoms with Crippen LogP contribution >= 0.6 is 0 Å². The van der Waals surface area contributed by atoms with Gasteiger partial charge in [-0.05, 0) is 25.2 Å². The van der Waals surface area contributed by atoms with Crippen molar-refractivity contribution in [3.8, 4) is 0 Å². The van der Waals surface area contributed by atoms with Crippen LogP contribution in [-0.4, -0.2) is 37.2 Å². The van der Waals surface area contributed by atoms with Gasteiger partial charge in [-0.1, -0.05) is 252 Å². The van der Waals surface area contributed by atoms with E-state index in [1.807, 2.05) is 0 Å². The van der Waals surface area contributed by atoms with E-state index in [1.54, 1.807) is 0 Å². The maximum absolute atomic E-state index is 12.7. The average Bonchev–Trinajstić information content (AvgIpc) is 3.22. The van der Waals surface area contributed by atoms with Gasteiger partial charge in [0.05, 0.1) is 0 Å². The maximum Gasteiger partial charge on any atom is 0.306 e. The van der Waals surface area contributed by atoms with E-state index >= 15 is 0 Å². The predicted octanol–water partition coefficient (Wildman–Crippen LogP) is 16.7. The quantitative estimate of drug-likeness (QED) is 0.0346. The summed E-state index contributed by atoms with van der Waals surface area (Å²) in [7, 11) is 0. The molecule has 6 nitrogen and oxygen atoms in total. The second kappa shape index (κ2) is 46.5. The zero-order valence-corrected chi connectivity index (χ0v) is 39.5. The number of ether oxygens (including phenoxy) is 3. The molecule has 0 aliphatic rings. The SMILES string of the molecule is CCCCCCCCCCCC(=O)OC[C@@H](COC(=O)CCCCCCCCCCCCCCCCCCCCC(C)CC)OC(=O)CCCCCCCCCCC. The Morgan fingerprint density at radius 1 is 0.345 bits per heavy atom. The van der Waals surface area contributed by atoms with Gasteiger partial charge in [0.15, 0.2) is 6.10 Å². The molecular formula is C52H100O6. The van der Waals surface area contributed by atoms with Crippen molar-refractivity contribution in [2.24, 2.45) is 5.92 Å². The van der Waals surface area contributed by atoms with Gasteiger partial charge in [-0.2, -0.15) is 0 Å². The fraction of sp³-hybridized carbons (Fsp3) is 0.942. The van der Waals surface area contributed by atoms with Gasteiger partial charge in [-0.3, -0.25) is 14.4 Å². The molecule has 0 aromatic heterocycles. The van der Waals surface area contributed by atoms with E-state index < -0.39 is 6.10 Å². The minimum Gasteiger partial charge on any atom is -0.462 e. The van der Waals surface area contributed by atoms with E-state index in [-0.39, 0.29) is 31.1 Å². The molecule has 0 aromatic rings. The third kappa shape index (κ3) is 44.0. The number of rotatable bonds is 47. The summed E-state index contributed by atoms with van der Waals surface area (Å²) in [6, 6.07) is 0. The van der Waals surface area contributed by atoms with Crippen molar-refractivity contribution in [1.82, 2.24) is 0 Å². The van der Waals surface area contributed by atoms with Crippen molar-refractivity contribution >= 4 is 17.9 Å². The second-order valence-electron chi connectivity index (χ2n) is 18.1. The van der Waals surface area contributed by atoms with E-state index in [4.69, 9.17) is 14.2 Å². The summed E-state index contributed by atoms with van der Waals surface area (Å²) in [6.07, 6.45) is 48.1. The standard InChI is InChI=1S/C52H100O6/c1-5-8-10-12-14-26-31-35-39-43-50(53)56-46-49(58-52(55)45-41-37-33-27-15-13-11-9-6-2)47-57-51(54)44-40-36-32-29-25-23-21-19-17-16-18-20-22-24-28-30-34-38-42-48(4)7-3/h48-49H,5-47H2,1-4H3/t48?,49-/m0/s1. The van der Waals surface area contributed by atoms with Gasteiger partial charge in [0.1, 0.15) is 13.2 Å². The van der Waals surface area contributed by atoms with Crippen molar-refractivity contribution in [2.45, 2.75) is 297 Å². The number of hydrogen-bond acceptors (Lipinski definition) is 6. The number of hydrogen-bond donors (Lipinski definition) is 0. The van der Waals surface area contributed by atoms with Crippen molar-refractivity contribution in [3.05, 3.63) is 0 Å². The van der Waals surface area contributed by atoms with Crippen molar-refractivity contribution in [2.75, 3.05) is 13.2 Å². The monoisotopic (exact) mass is 821 g/mol. The molecule has 58 heavy (non-hydrogen) atoms. The first-order valence-electron chi connectivity index (χ1n) is 25.9. The Labute approximate surface area is 361 Å². The lowest BCUT2D eigenvalue weighted by Crippen LogP contribution is -2.30. The summed E-state index contributed by atoms with van der Waals surface area (Å²) < 4.78 is 16.7. The molecule has 344 valence electrons. The summed E-state index contributed by atoms with van der Waals surface area (Å²) in [6.45, 7) is 9.04. The molecule has 1 unspecified atom stereocenters. The minimum absolute atomic E-state index is 0.0631. The van der Waals surface area contributed by atoms with Crippen molar-refractivity contribution in [3.63, 3.8) is 0 Å². The number of carbonyl (C=O) groups is 3. The van der Waals surface area contributed by atoms with E-state index in [9.17, 15) is 14.4 Å². The number of carbonyl (C=O) groups excluding carboxylic acids is 3. The molecule has 6 heteroatoms. The Morgan fingerprint density at radius 2 is 0.603 bits per heavy atom. The molecule has 0 amide bonds. The smallest absolute Gasteiger partial charge is 0.306 e. The third-order valence-electron chi connectivity index (χ3n) is 12.2. The van der Waals surface area contributed by atoms with Gasteiger partial charge in [-0.15, -0.1) is 0 Å². The molecule has 0 bridgehead atoms. The van der Waals surface area contributed by atoms with Crippen LogP contribution in [0.25, 0.3) is 0 Å². The molecule has 0 aliphatic heterocycles. The predicted molar refractivity (Wildman–Crippen MR) is 247 cm³/mol. The summed E-state index contributed by atoms with van der Waals surface area (Å²) in [5, 5.41) is 0. The lowest BCUT2D eigenvalue weighted by atomic mass is 9.99. The van der Waals surface area contributed by atoms with Gasteiger partial charge in [-0.25, -0.2) is 0 Å². The zero-order valence-electron chi connectivity index (χ0n) is 39.5. The van der Waals surface area contributed by atoms with Crippen LogP contribution in [-0.2, 0) is 28.6 Å². The van der Waals surface area contributed by atoms with E-state index in [0.29, 0.717) is 19.3 Å². The first-order chi connectivity index (χ1) is 28.4. The maximum atomic E-state index is 12.7. The summed E-state index contributed by atoms with van der Waals surface area (Å²) in [5.41, 5.74) is 0. The Morgan fingerprint density at radius 3 is 0.897 bits per heavy atom. The van der Waals surface area contributed by atoms with Gasteiger partial charge in [0.25, 0.3) is 0 Å². The Kier molecular flexibility index (Phi) is 45.2. The van der Waals surface area contributed by atoms with Crippen LogP contribution in [0.2, 0.25) is 0 Å². The van der Waals surface area contributed by atoms with Crippen LogP contribution in [0.1, 0.15) is 291 Å². The summed E-state index contributed by atoms with van der Waals surface area (Å²) in [4.78, 5) is 37.7. The molecule has 0 saturated carbocycles. The van der Waals surface area contributed by atoms with Crippen LogP contribution in [0.3, 0.4) is 0 Å². The highest BCUT2D eigenvalue weighted by Crippen LogP contribution is 2.18. The summed E-state index contributed by atoms with van der Waals surface area (Å²) in [5.74, 6) is 0.0585. The lowest BCUT2D eigenvalue weighted by molar-refractivity contribution is -0.167. The Balaban J connectivity index is 4.10. The van der Waals surface area contributed by atoms with E-state index in [1.165, 1.54) is 186 Å². The number of unbranched alkanes of at least 4 members (excludes halogenated alkanes) is 33. The molecule has 0 radical (unpaired) electrons.